The van der Waals surface area contributed by atoms with Crippen LogP contribution in [0, 0.1) is 0 Å². The van der Waals surface area contributed by atoms with Gasteiger partial charge in [-0.1, -0.05) is 6.92 Å². The summed E-state index contributed by atoms with van der Waals surface area (Å²) in [6, 6.07) is 0. The number of esters is 1. The first-order valence-electron chi connectivity index (χ1n) is 4.42. The Kier molecular flexibility index (Phi) is 4.95. The predicted octanol–water partition coefficient (Wildman–Crippen LogP) is 0.462. The molecule has 0 heterocycles. The molecule has 0 spiro atoms. The van der Waals surface area contributed by atoms with Gasteiger partial charge in [0.15, 0.2) is 0 Å². The van der Waals surface area contributed by atoms with Crippen molar-refractivity contribution in [3.8, 4) is 0 Å². The Morgan fingerprint density at radius 1 is 1.54 bits per heavy atom. The molecule has 1 unspecified atom stereocenters. The number of carbonyl (C=O) groups is 1. The van der Waals surface area contributed by atoms with Gasteiger partial charge in [0, 0.05) is 0 Å². The van der Waals surface area contributed by atoms with Crippen LogP contribution < -0.4 is 0 Å². The summed E-state index contributed by atoms with van der Waals surface area (Å²) in [6.45, 7) is 5.10. The Morgan fingerprint density at radius 2 is 2.08 bits per heavy atom. The van der Waals surface area contributed by atoms with Gasteiger partial charge in [-0.05, 0) is 20.3 Å². The average Bonchev–Trinajstić information content (AvgIpc) is 2.03. The van der Waals surface area contributed by atoms with Gasteiger partial charge in [-0.3, -0.25) is 4.79 Å². The lowest BCUT2D eigenvalue weighted by atomic mass is 10.1. The van der Waals surface area contributed by atoms with Crippen molar-refractivity contribution < 1.29 is 19.7 Å². The smallest absolute Gasteiger partial charge is 0.309 e. The maximum atomic E-state index is 11.1. The van der Waals surface area contributed by atoms with Crippen molar-refractivity contribution in [3.05, 3.63) is 0 Å². The highest BCUT2D eigenvalue weighted by Gasteiger charge is 2.21. The number of carbonyl (C=O) groups excluding carboxylic acids is 1. The highest BCUT2D eigenvalue weighted by atomic mass is 16.6. The molecule has 0 rings (SSSR count). The lowest BCUT2D eigenvalue weighted by Crippen LogP contribution is -2.29. The van der Waals surface area contributed by atoms with E-state index in [2.05, 4.69) is 0 Å². The molecule has 13 heavy (non-hydrogen) atoms. The molecule has 0 saturated heterocycles. The molecule has 0 amide bonds. The topological polar surface area (TPSA) is 66.8 Å². The van der Waals surface area contributed by atoms with Gasteiger partial charge in [0.2, 0.25) is 0 Å². The Bertz CT molecular complexity index is 165. The number of hydrogen-bond donors (Lipinski definition) is 2. The monoisotopic (exact) mass is 190 g/mol. The van der Waals surface area contributed by atoms with E-state index < -0.39 is 24.3 Å². The molecule has 0 aliphatic rings. The second-order valence-electron chi connectivity index (χ2n) is 3.63. The molecule has 0 aromatic heterocycles. The number of hydrogen-bond acceptors (Lipinski definition) is 4. The van der Waals surface area contributed by atoms with Crippen LogP contribution in [0.4, 0.5) is 0 Å². The first kappa shape index (κ1) is 12.4. The minimum absolute atomic E-state index is 0.153. The summed E-state index contributed by atoms with van der Waals surface area (Å²) in [7, 11) is 0. The SMILES string of the molecule is CCC(C)(C)OC(=O)CC(O)CO. The van der Waals surface area contributed by atoms with Gasteiger partial charge in [0.1, 0.15) is 5.60 Å². The van der Waals surface area contributed by atoms with Crippen LogP contribution in [0.3, 0.4) is 0 Å². The zero-order valence-corrected chi connectivity index (χ0v) is 8.41. The first-order chi connectivity index (χ1) is 5.91. The molecule has 0 saturated carbocycles. The molecule has 1 atom stereocenters. The number of ether oxygens (including phenoxy) is 1. The minimum atomic E-state index is -1.01. The van der Waals surface area contributed by atoms with E-state index in [1.807, 2.05) is 6.92 Å². The van der Waals surface area contributed by atoms with Crippen LogP contribution in [-0.4, -0.2) is 34.5 Å². The molecule has 4 heteroatoms. The van der Waals surface area contributed by atoms with E-state index in [1.165, 1.54) is 0 Å². The molecule has 0 aromatic carbocycles. The molecular weight excluding hydrogens is 172 g/mol. The standard InChI is InChI=1S/C9H18O4/c1-4-9(2,3)13-8(12)5-7(11)6-10/h7,10-11H,4-6H2,1-3H3. The third-order valence-electron chi connectivity index (χ3n) is 1.85. The average molecular weight is 190 g/mol. The number of aliphatic hydroxyl groups excluding tert-OH is 2. The Hall–Kier alpha value is -0.610. The van der Waals surface area contributed by atoms with E-state index in [-0.39, 0.29) is 6.42 Å². The maximum absolute atomic E-state index is 11.1. The van der Waals surface area contributed by atoms with Crippen molar-refractivity contribution in [3.63, 3.8) is 0 Å². The first-order valence-corrected chi connectivity index (χ1v) is 4.42. The van der Waals surface area contributed by atoms with Crippen LogP contribution in [0.15, 0.2) is 0 Å². The number of rotatable bonds is 5. The van der Waals surface area contributed by atoms with Crippen molar-refractivity contribution >= 4 is 5.97 Å². The fourth-order valence-electron chi connectivity index (χ4n) is 0.679. The second-order valence-corrected chi connectivity index (χ2v) is 3.63. The molecule has 0 bridgehead atoms. The molecule has 0 aliphatic carbocycles. The second kappa shape index (κ2) is 5.19. The van der Waals surface area contributed by atoms with Gasteiger partial charge in [-0.25, -0.2) is 0 Å². The summed E-state index contributed by atoms with van der Waals surface area (Å²) < 4.78 is 5.05. The summed E-state index contributed by atoms with van der Waals surface area (Å²) in [4.78, 5) is 11.1. The highest BCUT2D eigenvalue weighted by Crippen LogP contribution is 2.14. The normalized spacial score (nSPS) is 13.9. The van der Waals surface area contributed by atoms with E-state index >= 15 is 0 Å². The molecule has 4 nitrogen and oxygen atoms in total. The third kappa shape index (κ3) is 5.60. The summed E-state index contributed by atoms with van der Waals surface area (Å²) in [5.41, 5.74) is -0.494. The number of aliphatic hydroxyl groups is 2. The molecule has 0 fully saturated rings. The summed E-state index contributed by atoms with van der Waals surface area (Å²) in [5, 5.41) is 17.4. The van der Waals surface area contributed by atoms with Crippen LogP contribution in [0.25, 0.3) is 0 Å². The van der Waals surface area contributed by atoms with Crippen molar-refractivity contribution in [2.24, 2.45) is 0 Å². The van der Waals surface area contributed by atoms with Crippen molar-refractivity contribution in [1.29, 1.82) is 0 Å². The summed E-state index contributed by atoms with van der Waals surface area (Å²) >= 11 is 0. The summed E-state index contributed by atoms with van der Waals surface area (Å²) in [6.07, 6.45) is -0.450. The van der Waals surface area contributed by atoms with Crippen LogP contribution in [-0.2, 0) is 9.53 Å². The van der Waals surface area contributed by atoms with Gasteiger partial charge >= 0.3 is 5.97 Å². The quantitative estimate of drug-likeness (QED) is 0.618. The van der Waals surface area contributed by atoms with Crippen LogP contribution >= 0.6 is 0 Å². The van der Waals surface area contributed by atoms with Gasteiger partial charge in [-0.15, -0.1) is 0 Å². The lowest BCUT2D eigenvalue weighted by Gasteiger charge is -2.23. The van der Waals surface area contributed by atoms with Gasteiger partial charge in [0.05, 0.1) is 19.1 Å². The van der Waals surface area contributed by atoms with Crippen LogP contribution in [0.1, 0.15) is 33.6 Å². The third-order valence-corrected chi connectivity index (χ3v) is 1.85. The minimum Gasteiger partial charge on any atom is -0.460 e. The molecule has 2 N–H and O–H groups in total. The zero-order valence-electron chi connectivity index (χ0n) is 8.41. The molecule has 0 aliphatic heterocycles. The van der Waals surface area contributed by atoms with Crippen molar-refractivity contribution in [2.45, 2.75) is 45.3 Å². The van der Waals surface area contributed by atoms with E-state index in [9.17, 15) is 4.79 Å². The van der Waals surface area contributed by atoms with Crippen LogP contribution in [0.2, 0.25) is 0 Å². The fraction of sp³-hybridized carbons (Fsp3) is 0.889. The predicted molar refractivity (Wildman–Crippen MR) is 48.2 cm³/mol. The van der Waals surface area contributed by atoms with E-state index in [1.54, 1.807) is 13.8 Å². The lowest BCUT2D eigenvalue weighted by molar-refractivity contribution is -0.159. The fourth-order valence-corrected chi connectivity index (χ4v) is 0.679. The molecular formula is C9H18O4. The molecule has 0 radical (unpaired) electrons. The Balaban J connectivity index is 3.87. The van der Waals surface area contributed by atoms with Crippen molar-refractivity contribution in [1.82, 2.24) is 0 Å². The largest absolute Gasteiger partial charge is 0.460 e. The van der Waals surface area contributed by atoms with E-state index in [0.29, 0.717) is 6.42 Å². The molecule has 78 valence electrons. The summed E-state index contributed by atoms with van der Waals surface area (Å²) in [5.74, 6) is -0.478. The molecule has 0 aromatic rings. The zero-order chi connectivity index (χ0) is 10.5. The van der Waals surface area contributed by atoms with Crippen LogP contribution in [0.5, 0.6) is 0 Å². The van der Waals surface area contributed by atoms with E-state index in [4.69, 9.17) is 14.9 Å². The highest BCUT2D eigenvalue weighted by molar-refractivity contribution is 5.70. The maximum Gasteiger partial charge on any atom is 0.309 e. The van der Waals surface area contributed by atoms with Gasteiger partial charge in [-0.2, -0.15) is 0 Å². The Morgan fingerprint density at radius 3 is 2.46 bits per heavy atom. The van der Waals surface area contributed by atoms with Gasteiger partial charge < -0.3 is 14.9 Å². The Labute approximate surface area is 78.5 Å². The van der Waals surface area contributed by atoms with Gasteiger partial charge in [0.25, 0.3) is 0 Å². The van der Waals surface area contributed by atoms with E-state index in [0.717, 1.165) is 0 Å². The van der Waals surface area contributed by atoms with Crippen molar-refractivity contribution in [2.75, 3.05) is 6.61 Å².